The minimum absolute atomic E-state index is 0.311. The van der Waals surface area contributed by atoms with Gasteiger partial charge in [-0.2, -0.15) is 0 Å². The largest absolute Gasteiger partial charge is 0.466 e. The maximum absolute atomic E-state index is 12.3. The number of carbonyl (C=O) groups is 2. The molecule has 25 heavy (non-hydrogen) atoms. The van der Waals surface area contributed by atoms with Gasteiger partial charge in [-0.3, -0.25) is 4.79 Å². The summed E-state index contributed by atoms with van der Waals surface area (Å²) in [6.45, 7) is 6.69. The number of halogens is 2. The average Bonchev–Trinajstić information content (AvgIpc) is 2.85. The lowest BCUT2D eigenvalue weighted by Gasteiger charge is -2.19. The number of hydrogen-bond acceptors (Lipinski definition) is 4. The fourth-order valence-corrected chi connectivity index (χ4v) is 2.94. The summed E-state index contributed by atoms with van der Waals surface area (Å²) >= 11 is 12.0. The SMILES string of the molecule is Cc1cc(C(=O)O[C@H](C)C(=O)N[C@@H](C)c2ccc(Cl)cc2Cl)c(C)o1. The first-order valence-corrected chi connectivity index (χ1v) is 8.48. The zero-order valence-corrected chi connectivity index (χ0v) is 15.9. The molecule has 1 amide bonds. The molecule has 0 radical (unpaired) electrons. The molecule has 0 aliphatic carbocycles. The number of amides is 1. The Morgan fingerprint density at radius 3 is 2.40 bits per heavy atom. The highest BCUT2D eigenvalue weighted by Crippen LogP contribution is 2.26. The molecule has 2 rings (SSSR count). The van der Waals surface area contributed by atoms with Gasteiger partial charge < -0.3 is 14.5 Å². The minimum Gasteiger partial charge on any atom is -0.466 e. The molecule has 134 valence electrons. The molecule has 0 unspecified atom stereocenters. The lowest BCUT2D eigenvalue weighted by atomic mass is 10.1. The van der Waals surface area contributed by atoms with Crippen LogP contribution in [0.15, 0.2) is 28.7 Å². The van der Waals surface area contributed by atoms with E-state index < -0.39 is 18.0 Å². The van der Waals surface area contributed by atoms with Crippen molar-refractivity contribution in [3.8, 4) is 0 Å². The van der Waals surface area contributed by atoms with Crippen LogP contribution < -0.4 is 5.32 Å². The van der Waals surface area contributed by atoms with E-state index in [2.05, 4.69) is 5.32 Å². The van der Waals surface area contributed by atoms with Gasteiger partial charge in [-0.15, -0.1) is 0 Å². The Kier molecular flexibility index (Phi) is 6.14. The summed E-state index contributed by atoms with van der Waals surface area (Å²) in [6.07, 6.45) is -0.962. The normalized spacial score (nSPS) is 13.2. The van der Waals surface area contributed by atoms with Gasteiger partial charge in [0.05, 0.1) is 6.04 Å². The van der Waals surface area contributed by atoms with Gasteiger partial charge in [0.2, 0.25) is 0 Å². The number of carbonyl (C=O) groups excluding carboxylic acids is 2. The second kappa shape index (κ2) is 7.93. The molecule has 2 atom stereocenters. The number of benzene rings is 1. The smallest absolute Gasteiger partial charge is 0.342 e. The van der Waals surface area contributed by atoms with E-state index >= 15 is 0 Å². The predicted molar refractivity (Wildman–Crippen MR) is 96.1 cm³/mol. The van der Waals surface area contributed by atoms with Crippen LogP contribution >= 0.6 is 23.2 Å². The van der Waals surface area contributed by atoms with Crippen molar-refractivity contribution in [3.63, 3.8) is 0 Å². The maximum Gasteiger partial charge on any atom is 0.342 e. The van der Waals surface area contributed by atoms with Gasteiger partial charge >= 0.3 is 5.97 Å². The Hall–Kier alpha value is -1.98. The first-order chi connectivity index (χ1) is 11.7. The van der Waals surface area contributed by atoms with Crippen LogP contribution in [0.3, 0.4) is 0 Å². The Labute approximate surface area is 156 Å². The molecule has 1 N–H and O–H groups in total. The van der Waals surface area contributed by atoms with Gasteiger partial charge in [-0.05, 0) is 51.5 Å². The lowest BCUT2D eigenvalue weighted by molar-refractivity contribution is -0.129. The van der Waals surface area contributed by atoms with E-state index in [9.17, 15) is 9.59 Å². The van der Waals surface area contributed by atoms with Gasteiger partial charge in [0.1, 0.15) is 17.1 Å². The quantitative estimate of drug-likeness (QED) is 0.764. The molecule has 0 fully saturated rings. The molecule has 1 aromatic carbocycles. The monoisotopic (exact) mass is 383 g/mol. The van der Waals surface area contributed by atoms with Crippen LogP contribution in [0.1, 0.15) is 47.3 Å². The van der Waals surface area contributed by atoms with Crippen LogP contribution in [-0.2, 0) is 9.53 Å². The van der Waals surface area contributed by atoms with Gasteiger partial charge in [-0.1, -0.05) is 29.3 Å². The summed E-state index contributed by atoms with van der Waals surface area (Å²) < 4.78 is 10.5. The second-order valence-electron chi connectivity index (χ2n) is 5.77. The third-order valence-electron chi connectivity index (χ3n) is 3.70. The molecule has 0 aliphatic heterocycles. The highest BCUT2D eigenvalue weighted by atomic mass is 35.5. The van der Waals surface area contributed by atoms with Crippen molar-refractivity contribution >= 4 is 35.1 Å². The van der Waals surface area contributed by atoms with Crippen molar-refractivity contribution in [1.29, 1.82) is 0 Å². The number of hydrogen-bond donors (Lipinski definition) is 1. The van der Waals surface area contributed by atoms with Gasteiger partial charge in [0, 0.05) is 10.0 Å². The highest BCUT2D eigenvalue weighted by Gasteiger charge is 2.23. The van der Waals surface area contributed by atoms with Crippen LogP contribution in [0.2, 0.25) is 10.0 Å². The summed E-state index contributed by atoms with van der Waals surface area (Å²) in [4.78, 5) is 24.4. The Morgan fingerprint density at radius 1 is 1.16 bits per heavy atom. The summed E-state index contributed by atoms with van der Waals surface area (Å²) in [7, 11) is 0. The molecular weight excluding hydrogens is 365 g/mol. The highest BCUT2D eigenvalue weighted by molar-refractivity contribution is 6.35. The van der Waals surface area contributed by atoms with Crippen LogP contribution in [-0.4, -0.2) is 18.0 Å². The maximum atomic E-state index is 12.3. The van der Waals surface area contributed by atoms with Gasteiger partial charge in [0.25, 0.3) is 5.91 Å². The van der Waals surface area contributed by atoms with Crippen molar-refractivity contribution in [2.45, 2.75) is 39.8 Å². The van der Waals surface area contributed by atoms with Crippen molar-refractivity contribution in [2.75, 3.05) is 0 Å². The summed E-state index contributed by atoms with van der Waals surface area (Å²) in [5, 5.41) is 3.73. The van der Waals surface area contributed by atoms with Crippen molar-refractivity contribution in [2.24, 2.45) is 0 Å². The molecular formula is C18H19Cl2NO4. The van der Waals surface area contributed by atoms with Crippen molar-refractivity contribution in [1.82, 2.24) is 5.32 Å². The Bertz CT molecular complexity index is 800. The third kappa shape index (κ3) is 4.77. The van der Waals surface area contributed by atoms with Gasteiger partial charge in [0.15, 0.2) is 6.10 Å². The first-order valence-electron chi connectivity index (χ1n) is 7.72. The Balaban J connectivity index is 2.00. The van der Waals surface area contributed by atoms with Gasteiger partial charge in [-0.25, -0.2) is 4.79 Å². The minimum atomic E-state index is -0.962. The van der Waals surface area contributed by atoms with E-state index in [1.165, 1.54) is 6.92 Å². The molecule has 0 saturated carbocycles. The standard InChI is InChI=1S/C18H19Cl2NO4/c1-9-7-15(11(3)24-9)18(23)25-12(4)17(22)21-10(2)14-6-5-13(19)8-16(14)20/h5-8,10,12H,1-4H3,(H,21,22)/t10-,12+/m0/s1. The molecule has 5 nitrogen and oxygen atoms in total. The van der Waals surface area contributed by atoms with Crippen LogP contribution in [0.25, 0.3) is 0 Å². The zero-order chi connectivity index (χ0) is 18.7. The average molecular weight is 384 g/mol. The van der Waals surface area contributed by atoms with E-state index in [1.54, 1.807) is 45.0 Å². The molecule has 1 heterocycles. The van der Waals surface area contributed by atoms with Crippen LogP contribution in [0.5, 0.6) is 0 Å². The Morgan fingerprint density at radius 2 is 1.84 bits per heavy atom. The van der Waals surface area contributed by atoms with E-state index in [0.29, 0.717) is 27.1 Å². The second-order valence-corrected chi connectivity index (χ2v) is 6.61. The van der Waals surface area contributed by atoms with Crippen molar-refractivity contribution in [3.05, 3.63) is 57.0 Å². The summed E-state index contributed by atoms with van der Waals surface area (Å²) in [5.74, 6) is 0.0305. The van der Waals surface area contributed by atoms with Crippen LogP contribution in [0, 0.1) is 13.8 Å². The number of aryl methyl sites for hydroxylation is 2. The lowest BCUT2D eigenvalue weighted by Crippen LogP contribution is -2.37. The topological polar surface area (TPSA) is 68.5 Å². The molecule has 2 aromatic rings. The number of rotatable bonds is 5. The van der Waals surface area contributed by atoms with E-state index in [-0.39, 0.29) is 6.04 Å². The molecule has 0 bridgehead atoms. The fourth-order valence-electron chi connectivity index (χ4n) is 2.37. The summed E-state index contributed by atoms with van der Waals surface area (Å²) in [6, 6.07) is 6.26. The third-order valence-corrected chi connectivity index (χ3v) is 4.26. The molecule has 0 spiro atoms. The van der Waals surface area contributed by atoms with E-state index in [1.807, 2.05) is 0 Å². The number of ether oxygens (including phenoxy) is 1. The zero-order valence-electron chi connectivity index (χ0n) is 14.4. The van der Waals surface area contributed by atoms with E-state index in [0.717, 1.165) is 5.56 Å². The predicted octanol–water partition coefficient (Wildman–Crippen LogP) is 4.63. The van der Waals surface area contributed by atoms with E-state index in [4.69, 9.17) is 32.4 Å². The number of esters is 1. The molecule has 0 aliphatic rings. The summed E-state index contributed by atoms with van der Waals surface area (Å²) in [5.41, 5.74) is 1.03. The number of furan rings is 1. The number of nitrogens with one attached hydrogen (secondary N) is 1. The van der Waals surface area contributed by atoms with Crippen molar-refractivity contribution < 1.29 is 18.7 Å². The first kappa shape index (κ1) is 19.3. The van der Waals surface area contributed by atoms with Crippen LogP contribution in [0.4, 0.5) is 0 Å². The fraction of sp³-hybridized carbons (Fsp3) is 0.333. The molecule has 1 aromatic heterocycles. The molecule has 0 saturated heterocycles. The molecule has 7 heteroatoms.